The van der Waals surface area contributed by atoms with Gasteiger partial charge in [0.25, 0.3) is 12.4 Å². The van der Waals surface area contributed by atoms with Crippen LogP contribution in [0.3, 0.4) is 0 Å². The number of likely N-dealkylation sites (tertiary alicyclic amines) is 1. The SMILES string of the molecule is O=C(O)Cc1cccc(-c2cc(C(=O)N3CCCC3)ccn2)c1.O=CO. The molecule has 7 nitrogen and oxygen atoms in total. The van der Waals surface area contributed by atoms with Crippen molar-refractivity contribution in [3.8, 4) is 11.3 Å². The van der Waals surface area contributed by atoms with Crippen LogP contribution in [0, 0.1) is 0 Å². The van der Waals surface area contributed by atoms with Gasteiger partial charge in [-0.25, -0.2) is 0 Å². The highest BCUT2D eigenvalue weighted by Gasteiger charge is 2.19. The Bertz CT molecular complexity index is 785. The van der Waals surface area contributed by atoms with E-state index in [9.17, 15) is 9.59 Å². The maximum atomic E-state index is 12.5. The number of hydrogen-bond acceptors (Lipinski definition) is 4. The fourth-order valence-corrected chi connectivity index (χ4v) is 2.84. The Morgan fingerprint density at radius 1 is 1.15 bits per heavy atom. The first-order valence-electron chi connectivity index (χ1n) is 8.19. The number of carbonyl (C=O) groups excluding carboxylic acids is 1. The van der Waals surface area contributed by atoms with Crippen LogP contribution in [0.15, 0.2) is 42.6 Å². The maximum Gasteiger partial charge on any atom is 0.307 e. The lowest BCUT2D eigenvalue weighted by Gasteiger charge is -2.15. The van der Waals surface area contributed by atoms with E-state index in [4.69, 9.17) is 15.0 Å². The fraction of sp³-hybridized carbons (Fsp3) is 0.263. The number of hydrogen-bond donors (Lipinski definition) is 2. The van der Waals surface area contributed by atoms with Gasteiger partial charge in [0.1, 0.15) is 0 Å². The minimum Gasteiger partial charge on any atom is -0.483 e. The van der Waals surface area contributed by atoms with E-state index in [2.05, 4.69) is 4.98 Å². The number of carbonyl (C=O) groups is 3. The molecule has 2 aromatic rings. The zero-order valence-corrected chi connectivity index (χ0v) is 14.2. The van der Waals surface area contributed by atoms with Crippen molar-refractivity contribution in [1.29, 1.82) is 0 Å². The van der Waals surface area contributed by atoms with Crippen molar-refractivity contribution in [1.82, 2.24) is 9.88 Å². The number of carboxylic acids is 1. The van der Waals surface area contributed by atoms with Gasteiger partial charge in [0.2, 0.25) is 0 Å². The van der Waals surface area contributed by atoms with Crippen LogP contribution in [0.5, 0.6) is 0 Å². The summed E-state index contributed by atoms with van der Waals surface area (Å²) in [7, 11) is 0. The van der Waals surface area contributed by atoms with Crippen LogP contribution >= 0.6 is 0 Å². The molecule has 2 heterocycles. The quantitative estimate of drug-likeness (QED) is 0.814. The number of nitrogens with zero attached hydrogens (tertiary/aromatic N) is 2. The van der Waals surface area contributed by atoms with Crippen molar-refractivity contribution in [2.45, 2.75) is 19.3 Å². The zero-order valence-electron chi connectivity index (χ0n) is 14.2. The predicted molar refractivity (Wildman–Crippen MR) is 94.8 cm³/mol. The minimum absolute atomic E-state index is 0.0275. The second kappa shape index (κ2) is 9.31. The molecule has 1 fully saturated rings. The maximum absolute atomic E-state index is 12.5. The number of amides is 1. The molecule has 7 heteroatoms. The molecule has 1 saturated heterocycles. The summed E-state index contributed by atoms with van der Waals surface area (Å²) < 4.78 is 0. The molecule has 26 heavy (non-hydrogen) atoms. The summed E-state index contributed by atoms with van der Waals surface area (Å²) in [5.41, 5.74) is 2.84. The molecule has 0 atom stereocenters. The molecule has 136 valence electrons. The first kappa shape index (κ1) is 19.1. The molecule has 0 saturated carbocycles. The Morgan fingerprint density at radius 2 is 1.85 bits per heavy atom. The molecular formula is C19H20N2O5. The normalized spacial score (nSPS) is 12.8. The highest BCUT2D eigenvalue weighted by atomic mass is 16.4. The lowest BCUT2D eigenvalue weighted by Crippen LogP contribution is -2.27. The Morgan fingerprint density at radius 3 is 2.50 bits per heavy atom. The second-order valence-corrected chi connectivity index (χ2v) is 5.81. The number of aliphatic carboxylic acids is 1. The van der Waals surface area contributed by atoms with E-state index in [1.54, 1.807) is 30.5 Å². The Hall–Kier alpha value is -3.22. The van der Waals surface area contributed by atoms with Crippen LogP contribution in [0.25, 0.3) is 11.3 Å². The lowest BCUT2D eigenvalue weighted by atomic mass is 10.0. The van der Waals surface area contributed by atoms with Gasteiger partial charge in [-0.1, -0.05) is 18.2 Å². The molecular weight excluding hydrogens is 336 g/mol. The van der Waals surface area contributed by atoms with E-state index < -0.39 is 5.97 Å². The summed E-state index contributed by atoms with van der Waals surface area (Å²) in [6, 6.07) is 10.8. The van der Waals surface area contributed by atoms with Crippen LogP contribution in [0.1, 0.15) is 28.8 Å². The molecule has 0 spiro atoms. The van der Waals surface area contributed by atoms with Crippen LogP contribution in [-0.2, 0) is 16.0 Å². The van der Waals surface area contributed by atoms with Gasteiger partial charge in [0, 0.05) is 30.4 Å². The number of benzene rings is 1. The van der Waals surface area contributed by atoms with Gasteiger partial charge < -0.3 is 15.1 Å². The standard InChI is InChI=1S/C18H18N2O3.CH2O2/c21-17(22)11-13-4-3-5-14(10-13)16-12-15(6-7-19-16)18(23)20-8-1-2-9-20;2-1-3/h3-7,10,12H,1-2,8-9,11H2,(H,21,22);1H,(H,2,3). The number of pyridine rings is 1. The van der Waals surface area contributed by atoms with Crippen molar-refractivity contribution in [2.24, 2.45) is 0 Å². The molecule has 2 N–H and O–H groups in total. The van der Waals surface area contributed by atoms with Crippen LogP contribution in [-0.4, -0.2) is 51.5 Å². The largest absolute Gasteiger partial charge is 0.483 e. The lowest BCUT2D eigenvalue weighted by molar-refractivity contribution is -0.136. The van der Waals surface area contributed by atoms with E-state index in [-0.39, 0.29) is 18.8 Å². The highest BCUT2D eigenvalue weighted by Crippen LogP contribution is 2.21. The van der Waals surface area contributed by atoms with E-state index in [0.29, 0.717) is 16.8 Å². The van der Waals surface area contributed by atoms with Gasteiger partial charge >= 0.3 is 5.97 Å². The summed E-state index contributed by atoms with van der Waals surface area (Å²) in [6.07, 6.45) is 3.71. The Kier molecular flexibility index (Phi) is 6.84. The monoisotopic (exact) mass is 356 g/mol. The molecule has 1 amide bonds. The highest BCUT2D eigenvalue weighted by molar-refractivity contribution is 5.95. The van der Waals surface area contributed by atoms with Crippen molar-refractivity contribution < 1.29 is 24.6 Å². The van der Waals surface area contributed by atoms with Crippen LogP contribution in [0.4, 0.5) is 0 Å². The number of rotatable bonds is 4. The first-order valence-corrected chi connectivity index (χ1v) is 8.19. The zero-order chi connectivity index (χ0) is 18.9. The first-order chi connectivity index (χ1) is 12.5. The van der Waals surface area contributed by atoms with Gasteiger partial charge in [-0.15, -0.1) is 0 Å². The summed E-state index contributed by atoms with van der Waals surface area (Å²) >= 11 is 0. The fourth-order valence-electron chi connectivity index (χ4n) is 2.84. The van der Waals surface area contributed by atoms with Gasteiger partial charge in [-0.3, -0.25) is 19.4 Å². The van der Waals surface area contributed by atoms with Crippen molar-refractivity contribution in [2.75, 3.05) is 13.1 Å². The van der Waals surface area contributed by atoms with E-state index in [1.165, 1.54) is 0 Å². The molecule has 1 aliphatic rings. The molecule has 0 aliphatic carbocycles. The van der Waals surface area contributed by atoms with Gasteiger partial charge in [0.15, 0.2) is 0 Å². The Labute approximate surface area is 150 Å². The average Bonchev–Trinajstić information content (AvgIpc) is 3.16. The van der Waals surface area contributed by atoms with Crippen LogP contribution in [0.2, 0.25) is 0 Å². The summed E-state index contributed by atoms with van der Waals surface area (Å²) in [6.45, 7) is 1.37. The van der Waals surface area contributed by atoms with E-state index in [1.807, 2.05) is 17.0 Å². The van der Waals surface area contributed by atoms with Gasteiger partial charge in [-0.05, 0) is 36.6 Å². The van der Waals surface area contributed by atoms with E-state index in [0.717, 1.165) is 31.5 Å². The van der Waals surface area contributed by atoms with Crippen molar-refractivity contribution >= 4 is 18.3 Å². The third-order valence-electron chi connectivity index (χ3n) is 3.98. The smallest absolute Gasteiger partial charge is 0.307 e. The molecule has 1 aliphatic heterocycles. The van der Waals surface area contributed by atoms with Gasteiger partial charge in [-0.2, -0.15) is 0 Å². The van der Waals surface area contributed by atoms with Crippen LogP contribution < -0.4 is 0 Å². The van der Waals surface area contributed by atoms with E-state index >= 15 is 0 Å². The predicted octanol–water partition coefficient (Wildman–Crippen LogP) is 2.31. The average molecular weight is 356 g/mol. The van der Waals surface area contributed by atoms with Gasteiger partial charge in [0.05, 0.1) is 12.1 Å². The summed E-state index contributed by atoms with van der Waals surface area (Å²) in [5.74, 6) is -0.832. The molecule has 0 unspecified atom stereocenters. The molecule has 1 aromatic carbocycles. The molecule has 0 radical (unpaired) electrons. The third-order valence-corrected chi connectivity index (χ3v) is 3.98. The number of carboxylic acid groups (broad SMARTS) is 2. The minimum atomic E-state index is -0.868. The molecule has 3 rings (SSSR count). The van der Waals surface area contributed by atoms with Crippen molar-refractivity contribution in [3.63, 3.8) is 0 Å². The summed E-state index contributed by atoms with van der Waals surface area (Å²) in [5, 5.41) is 15.8. The van der Waals surface area contributed by atoms with Crippen molar-refractivity contribution in [3.05, 3.63) is 53.7 Å². The topological polar surface area (TPSA) is 108 Å². The third kappa shape index (κ3) is 5.14. The molecule has 1 aromatic heterocycles. The summed E-state index contributed by atoms with van der Waals surface area (Å²) in [4.78, 5) is 37.8. The molecule has 0 bridgehead atoms. The number of aromatic nitrogens is 1. The Balaban J connectivity index is 0.000000758. The second-order valence-electron chi connectivity index (χ2n) is 5.81.